The summed E-state index contributed by atoms with van der Waals surface area (Å²) in [6, 6.07) is 0. The van der Waals surface area contributed by atoms with Gasteiger partial charge in [0.05, 0.1) is 0 Å². The third-order valence-corrected chi connectivity index (χ3v) is 8.03. The normalized spacial score (nSPS) is 22.9. The number of amides is 2. The molecule has 166 valence electrons. The van der Waals surface area contributed by atoms with Gasteiger partial charge in [-0.05, 0) is 62.9 Å². The first kappa shape index (κ1) is 21.8. The molecule has 0 radical (unpaired) electrons. The van der Waals surface area contributed by atoms with E-state index in [9.17, 15) is 9.59 Å². The molecule has 2 saturated heterocycles. The molecule has 0 bridgehead atoms. The van der Waals surface area contributed by atoms with E-state index in [0.29, 0.717) is 18.0 Å². The minimum absolute atomic E-state index is 0.00368. The summed E-state index contributed by atoms with van der Waals surface area (Å²) in [5.41, 5.74) is -0.178. The third kappa shape index (κ3) is 5.82. The Labute approximate surface area is 184 Å². The first-order valence-corrected chi connectivity index (χ1v) is 12.7. The molecule has 0 aromatic carbocycles. The van der Waals surface area contributed by atoms with Crippen LogP contribution in [0.1, 0.15) is 70.6 Å². The molecular weight excluding hydrogens is 396 g/mol. The van der Waals surface area contributed by atoms with E-state index >= 15 is 0 Å². The Morgan fingerprint density at radius 2 is 1.77 bits per heavy atom. The molecule has 3 aliphatic rings. The van der Waals surface area contributed by atoms with Gasteiger partial charge in [0.1, 0.15) is 0 Å². The molecule has 1 aromatic heterocycles. The van der Waals surface area contributed by atoms with Crippen molar-refractivity contribution >= 4 is 28.3 Å². The van der Waals surface area contributed by atoms with Gasteiger partial charge in [-0.1, -0.05) is 19.3 Å². The fraction of sp³-hybridized carbons (Fsp3) is 0.783. The summed E-state index contributed by atoms with van der Waals surface area (Å²) < 4.78 is 0. The molecule has 4 rings (SSSR count). The van der Waals surface area contributed by atoms with Crippen molar-refractivity contribution in [3.63, 3.8) is 0 Å². The minimum Gasteiger partial charge on any atom is -0.343 e. The van der Waals surface area contributed by atoms with Crippen molar-refractivity contribution < 1.29 is 9.59 Å². The van der Waals surface area contributed by atoms with Gasteiger partial charge < -0.3 is 15.1 Å². The minimum atomic E-state index is -0.178. The first-order valence-electron chi connectivity index (χ1n) is 11.8. The number of thiazole rings is 1. The van der Waals surface area contributed by atoms with Crippen LogP contribution in [-0.2, 0) is 9.59 Å². The number of aromatic nitrogens is 1. The molecule has 1 aliphatic carbocycles. The average Bonchev–Trinajstić information content (AvgIpc) is 3.43. The standard InChI is InChI=1S/C23H36N4O2S/c28-20(25-22-24-10-15-30-22)16-23(8-2-1-3-9-23)17-21(29)27-13-6-19(7-14-27)18-26-11-4-5-12-26/h10,15,19H,1-9,11-14,16-18H2,(H,24,25,28). The van der Waals surface area contributed by atoms with E-state index in [2.05, 4.69) is 20.1 Å². The van der Waals surface area contributed by atoms with E-state index < -0.39 is 0 Å². The summed E-state index contributed by atoms with van der Waals surface area (Å²) >= 11 is 1.44. The highest BCUT2D eigenvalue weighted by molar-refractivity contribution is 7.13. The Hall–Kier alpha value is -1.47. The molecule has 30 heavy (non-hydrogen) atoms. The van der Waals surface area contributed by atoms with Crippen molar-refractivity contribution in [2.75, 3.05) is 38.0 Å². The van der Waals surface area contributed by atoms with Gasteiger partial charge in [0.25, 0.3) is 0 Å². The number of hydrogen-bond acceptors (Lipinski definition) is 5. The fourth-order valence-electron chi connectivity index (χ4n) is 5.63. The molecule has 1 N–H and O–H groups in total. The molecule has 6 nitrogen and oxygen atoms in total. The number of nitrogens with one attached hydrogen (secondary N) is 1. The largest absolute Gasteiger partial charge is 0.343 e. The zero-order valence-corrected chi connectivity index (χ0v) is 18.9. The van der Waals surface area contributed by atoms with Crippen molar-refractivity contribution in [1.82, 2.24) is 14.8 Å². The van der Waals surface area contributed by atoms with Crippen LogP contribution in [-0.4, -0.2) is 59.3 Å². The van der Waals surface area contributed by atoms with Crippen molar-refractivity contribution in [2.24, 2.45) is 11.3 Å². The summed E-state index contributed by atoms with van der Waals surface area (Å²) in [4.78, 5) is 34.7. The molecule has 0 atom stereocenters. The zero-order valence-electron chi connectivity index (χ0n) is 18.1. The lowest BCUT2D eigenvalue weighted by atomic mass is 9.69. The maximum Gasteiger partial charge on any atom is 0.226 e. The molecular formula is C23H36N4O2S. The van der Waals surface area contributed by atoms with Gasteiger partial charge in [-0.2, -0.15) is 0 Å². The summed E-state index contributed by atoms with van der Waals surface area (Å²) in [5, 5.41) is 5.44. The summed E-state index contributed by atoms with van der Waals surface area (Å²) in [6.07, 6.45) is 13.0. The first-order chi connectivity index (χ1) is 14.6. The molecule has 7 heteroatoms. The fourth-order valence-corrected chi connectivity index (χ4v) is 6.18. The number of hydrogen-bond donors (Lipinski definition) is 1. The lowest BCUT2D eigenvalue weighted by Crippen LogP contribution is -2.44. The van der Waals surface area contributed by atoms with Gasteiger partial charge >= 0.3 is 0 Å². The van der Waals surface area contributed by atoms with E-state index in [1.807, 2.05) is 5.38 Å². The van der Waals surface area contributed by atoms with Gasteiger partial charge in [-0.15, -0.1) is 11.3 Å². The average molecular weight is 433 g/mol. The number of carbonyl (C=O) groups excluding carboxylic acids is 2. The predicted molar refractivity (Wildman–Crippen MR) is 120 cm³/mol. The van der Waals surface area contributed by atoms with Crippen molar-refractivity contribution in [1.29, 1.82) is 0 Å². The molecule has 1 saturated carbocycles. The van der Waals surface area contributed by atoms with E-state index in [1.165, 1.54) is 50.2 Å². The van der Waals surface area contributed by atoms with E-state index in [-0.39, 0.29) is 17.2 Å². The van der Waals surface area contributed by atoms with E-state index in [0.717, 1.165) is 57.5 Å². The second kappa shape index (κ2) is 10.2. The van der Waals surface area contributed by atoms with E-state index in [1.54, 1.807) is 6.20 Å². The van der Waals surface area contributed by atoms with Crippen LogP contribution in [0.2, 0.25) is 0 Å². The van der Waals surface area contributed by atoms with Gasteiger partial charge in [0.2, 0.25) is 11.8 Å². The monoisotopic (exact) mass is 432 g/mol. The Bertz CT molecular complexity index is 688. The molecule has 0 unspecified atom stereocenters. The Morgan fingerprint density at radius 3 is 2.43 bits per heavy atom. The molecule has 2 amide bonds. The van der Waals surface area contributed by atoms with Gasteiger partial charge in [-0.25, -0.2) is 4.98 Å². The Kier molecular flexibility index (Phi) is 7.41. The lowest BCUT2D eigenvalue weighted by molar-refractivity contribution is -0.136. The highest BCUT2D eigenvalue weighted by atomic mass is 32.1. The van der Waals surface area contributed by atoms with Crippen molar-refractivity contribution in [3.05, 3.63) is 11.6 Å². The molecule has 3 fully saturated rings. The van der Waals surface area contributed by atoms with Crippen LogP contribution in [0.15, 0.2) is 11.6 Å². The van der Waals surface area contributed by atoms with Crippen LogP contribution in [0.5, 0.6) is 0 Å². The molecule has 1 aromatic rings. The van der Waals surface area contributed by atoms with E-state index in [4.69, 9.17) is 0 Å². The summed E-state index contributed by atoms with van der Waals surface area (Å²) in [7, 11) is 0. The number of rotatable bonds is 7. The second-order valence-corrected chi connectivity index (χ2v) is 10.5. The Balaban J connectivity index is 1.29. The number of piperidine rings is 1. The SMILES string of the molecule is O=C(CC1(CC(=O)N2CCC(CN3CCCC3)CC2)CCCCC1)Nc1nccs1. The van der Waals surface area contributed by atoms with Gasteiger partial charge in [-0.3, -0.25) is 9.59 Å². The lowest BCUT2D eigenvalue weighted by Gasteiger charge is -2.39. The maximum absolute atomic E-state index is 13.2. The number of likely N-dealkylation sites (tertiary alicyclic amines) is 2. The smallest absolute Gasteiger partial charge is 0.226 e. The number of nitrogens with zero attached hydrogens (tertiary/aromatic N) is 3. The van der Waals surface area contributed by atoms with Crippen LogP contribution in [0.25, 0.3) is 0 Å². The Morgan fingerprint density at radius 1 is 1.03 bits per heavy atom. The van der Waals surface area contributed by atoms with Crippen LogP contribution < -0.4 is 5.32 Å². The van der Waals surface area contributed by atoms with Crippen molar-refractivity contribution in [3.8, 4) is 0 Å². The maximum atomic E-state index is 13.2. The molecule has 3 heterocycles. The van der Waals surface area contributed by atoms with Crippen molar-refractivity contribution in [2.45, 2.75) is 70.6 Å². The predicted octanol–water partition coefficient (Wildman–Crippen LogP) is 4.15. The van der Waals surface area contributed by atoms with Crippen LogP contribution in [0, 0.1) is 11.3 Å². The molecule has 2 aliphatic heterocycles. The van der Waals surface area contributed by atoms with Crippen LogP contribution in [0.4, 0.5) is 5.13 Å². The topological polar surface area (TPSA) is 65.5 Å². The summed E-state index contributed by atoms with van der Waals surface area (Å²) in [6.45, 7) is 5.50. The molecule has 0 spiro atoms. The van der Waals surface area contributed by atoms with Gasteiger partial charge in [0.15, 0.2) is 5.13 Å². The van der Waals surface area contributed by atoms with Gasteiger partial charge in [0, 0.05) is 44.1 Å². The quantitative estimate of drug-likeness (QED) is 0.703. The van der Waals surface area contributed by atoms with Crippen LogP contribution in [0.3, 0.4) is 0 Å². The second-order valence-electron chi connectivity index (χ2n) is 9.63. The summed E-state index contributed by atoms with van der Waals surface area (Å²) in [5.74, 6) is 1.00. The number of anilines is 1. The highest BCUT2D eigenvalue weighted by Crippen LogP contribution is 2.43. The number of carbonyl (C=O) groups is 2. The highest BCUT2D eigenvalue weighted by Gasteiger charge is 2.38. The van der Waals surface area contributed by atoms with Crippen LogP contribution >= 0.6 is 11.3 Å². The third-order valence-electron chi connectivity index (χ3n) is 7.34. The zero-order chi connectivity index (χ0) is 20.8.